The summed E-state index contributed by atoms with van der Waals surface area (Å²) in [6.07, 6.45) is 2.69. The number of hydrogen-bond acceptors (Lipinski definition) is 2. The smallest absolute Gasteiger partial charge is 0.0164 e. The molecule has 2 heteroatoms. The molecule has 1 aromatic carbocycles. The quantitative estimate of drug-likeness (QED) is 0.804. The molecule has 0 bridgehead atoms. The standard InChI is InChI=1S/C19H30N2/c1-13(2)10-20-11-14(3)21-12-18-17-9-8-15-6-4-5-7-16(15)19(17)18/h4-7,13-14,17-21H,8-12H2,1-3H3. The summed E-state index contributed by atoms with van der Waals surface area (Å²) in [6.45, 7) is 10.2. The lowest BCUT2D eigenvalue weighted by Gasteiger charge is -2.16. The minimum absolute atomic E-state index is 0.571. The van der Waals surface area contributed by atoms with Gasteiger partial charge in [-0.1, -0.05) is 38.1 Å². The molecule has 1 saturated carbocycles. The number of aryl methyl sites for hydroxylation is 1. The first-order valence-electron chi connectivity index (χ1n) is 8.68. The van der Waals surface area contributed by atoms with Crippen molar-refractivity contribution >= 4 is 0 Å². The van der Waals surface area contributed by atoms with Crippen molar-refractivity contribution in [2.45, 2.75) is 45.6 Å². The molecule has 21 heavy (non-hydrogen) atoms. The second-order valence-corrected chi connectivity index (χ2v) is 7.45. The van der Waals surface area contributed by atoms with Gasteiger partial charge in [0.25, 0.3) is 0 Å². The van der Waals surface area contributed by atoms with E-state index in [0.717, 1.165) is 36.8 Å². The van der Waals surface area contributed by atoms with Gasteiger partial charge in [-0.3, -0.25) is 0 Å². The summed E-state index contributed by atoms with van der Waals surface area (Å²) < 4.78 is 0. The summed E-state index contributed by atoms with van der Waals surface area (Å²) in [6, 6.07) is 9.66. The van der Waals surface area contributed by atoms with Crippen LogP contribution in [0.1, 0.15) is 44.2 Å². The van der Waals surface area contributed by atoms with Crippen molar-refractivity contribution in [3.05, 3.63) is 35.4 Å². The van der Waals surface area contributed by atoms with E-state index in [9.17, 15) is 0 Å². The van der Waals surface area contributed by atoms with Crippen LogP contribution in [0.5, 0.6) is 0 Å². The highest BCUT2D eigenvalue weighted by Gasteiger charge is 2.52. The fourth-order valence-electron chi connectivity index (χ4n) is 3.99. The monoisotopic (exact) mass is 286 g/mol. The third-order valence-electron chi connectivity index (χ3n) is 5.20. The van der Waals surface area contributed by atoms with E-state index in [1.807, 2.05) is 0 Å². The Hall–Kier alpha value is -0.860. The van der Waals surface area contributed by atoms with Crippen LogP contribution in [0.25, 0.3) is 0 Å². The Labute approximate surface area is 129 Å². The van der Waals surface area contributed by atoms with Gasteiger partial charge in [-0.15, -0.1) is 0 Å². The van der Waals surface area contributed by atoms with Crippen molar-refractivity contribution in [3.8, 4) is 0 Å². The second kappa shape index (κ2) is 6.50. The van der Waals surface area contributed by atoms with Crippen molar-refractivity contribution in [1.82, 2.24) is 10.6 Å². The van der Waals surface area contributed by atoms with E-state index in [1.165, 1.54) is 19.4 Å². The summed E-state index contributed by atoms with van der Waals surface area (Å²) in [5.74, 6) is 3.41. The van der Waals surface area contributed by atoms with Crippen LogP contribution in [0.15, 0.2) is 24.3 Å². The van der Waals surface area contributed by atoms with Crippen molar-refractivity contribution < 1.29 is 0 Å². The number of fused-ring (bicyclic) bond motifs is 3. The third-order valence-corrected chi connectivity index (χ3v) is 5.20. The lowest BCUT2D eigenvalue weighted by atomic mass is 9.92. The Morgan fingerprint density at radius 3 is 2.76 bits per heavy atom. The zero-order chi connectivity index (χ0) is 14.8. The SMILES string of the molecule is CC(C)CNCC(C)NCC1C2CCc3ccccc3C21. The zero-order valence-electron chi connectivity index (χ0n) is 13.7. The maximum Gasteiger partial charge on any atom is 0.0164 e. The fraction of sp³-hybridized carbons (Fsp3) is 0.684. The molecule has 2 nitrogen and oxygen atoms in total. The highest BCUT2D eigenvalue weighted by atomic mass is 15.0. The molecule has 2 aliphatic carbocycles. The molecule has 0 aliphatic heterocycles. The summed E-state index contributed by atoms with van der Waals surface area (Å²) in [7, 11) is 0. The number of benzene rings is 1. The molecule has 116 valence electrons. The van der Waals surface area contributed by atoms with E-state index in [0.29, 0.717) is 6.04 Å². The molecular weight excluding hydrogens is 256 g/mol. The van der Waals surface area contributed by atoms with Crippen LogP contribution in [-0.2, 0) is 6.42 Å². The summed E-state index contributed by atoms with van der Waals surface area (Å²) >= 11 is 0. The molecule has 1 fully saturated rings. The maximum atomic E-state index is 3.74. The van der Waals surface area contributed by atoms with Gasteiger partial charge < -0.3 is 10.6 Å². The largest absolute Gasteiger partial charge is 0.315 e. The predicted octanol–water partition coefficient (Wildman–Crippen LogP) is 3.19. The summed E-state index contributed by atoms with van der Waals surface area (Å²) in [4.78, 5) is 0. The number of nitrogens with one attached hydrogen (secondary N) is 2. The first kappa shape index (κ1) is 15.1. The Balaban J connectivity index is 1.44. The van der Waals surface area contributed by atoms with Gasteiger partial charge in [0.15, 0.2) is 0 Å². The molecule has 4 unspecified atom stereocenters. The topological polar surface area (TPSA) is 24.1 Å². The van der Waals surface area contributed by atoms with Crippen LogP contribution in [0.4, 0.5) is 0 Å². The molecule has 0 saturated heterocycles. The molecule has 0 spiro atoms. The average Bonchev–Trinajstić information content (AvgIpc) is 3.18. The number of hydrogen-bond donors (Lipinski definition) is 2. The van der Waals surface area contributed by atoms with E-state index in [1.54, 1.807) is 11.1 Å². The molecule has 2 aliphatic rings. The lowest BCUT2D eigenvalue weighted by molar-refractivity contribution is 0.457. The first-order chi connectivity index (χ1) is 10.2. The van der Waals surface area contributed by atoms with Gasteiger partial charge in [0, 0.05) is 12.6 Å². The molecule has 0 heterocycles. The Morgan fingerprint density at radius 2 is 1.95 bits per heavy atom. The summed E-state index contributed by atoms with van der Waals surface area (Å²) in [5, 5.41) is 7.29. The van der Waals surface area contributed by atoms with Crippen LogP contribution in [-0.4, -0.2) is 25.7 Å². The van der Waals surface area contributed by atoms with Gasteiger partial charge in [-0.2, -0.15) is 0 Å². The van der Waals surface area contributed by atoms with Crippen LogP contribution in [0, 0.1) is 17.8 Å². The number of rotatable bonds is 7. The molecule has 0 amide bonds. The molecule has 2 N–H and O–H groups in total. The Kier molecular flexibility index (Phi) is 4.66. The fourth-order valence-corrected chi connectivity index (χ4v) is 3.99. The van der Waals surface area contributed by atoms with Crippen molar-refractivity contribution in [2.75, 3.05) is 19.6 Å². The highest BCUT2D eigenvalue weighted by molar-refractivity contribution is 5.39. The Bertz CT molecular complexity index is 468. The Morgan fingerprint density at radius 1 is 1.14 bits per heavy atom. The average molecular weight is 286 g/mol. The summed E-state index contributed by atoms with van der Waals surface area (Å²) in [5.41, 5.74) is 3.25. The maximum absolute atomic E-state index is 3.74. The minimum Gasteiger partial charge on any atom is -0.315 e. The second-order valence-electron chi connectivity index (χ2n) is 7.45. The van der Waals surface area contributed by atoms with Gasteiger partial charge in [0.1, 0.15) is 0 Å². The van der Waals surface area contributed by atoms with E-state index >= 15 is 0 Å². The van der Waals surface area contributed by atoms with Crippen LogP contribution < -0.4 is 10.6 Å². The minimum atomic E-state index is 0.571. The normalized spacial score (nSPS) is 28.1. The van der Waals surface area contributed by atoms with Crippen molar-refractivity contribution in [1.29, 1.82) is 0 Å². The van der Waals surface area contributed by atoms with Gasteiger partial charge in [-0.05, 0) is 67.7 Å². The zero-order valence-corrected chi connectivity index (χ0v) is 13.7. The lowest BCUT2D eigenvalue weighted by Crippen LogP contribution is -2.38. The van der Waals surface area contributed by atoms with E-state index in [2.05, 4.69) is 55.7 Å². The molecule has 1 aromatic rings. The highest BCUT2D eigenvalue weighted by Crippen LogP contribution is 2.59. The molecule has 0 radical (unpaired) electrons. The van der Waals surface area contributed by atoms with Gasteiger partial charge in [-0.25, -0.2) is 0 Å². The van der Waals surface area contributed by atoms with E-state index < -0.39 is 0 Å². The van der Waals surface area contributed by atoms with Crippen molar-refractivity contribution in [3.63, 3.8) is 0 Å². The third kappa shape index (κ3) is 3.49. The van der Waals surface area contributed by atoms with Crippen molar-refractivity contribution in [2.24, 2.45) is 17.8 Å². The van der Waals surface area contributed by atoms with Gasteiger partial charge in [0.2, 0.25) is 0 Å². The predicted molar refractivity (Wildman–Crippen MR) is 89.7 cm³/mol. The van der Waals surface area contributed by atoms with E-state index in [-0.39, 0.29) is 0 Å². The van der Waals surface area contributed by atoms with E-state index in [4.69, 9.17) is 0 Å². The first-order valence-corrected chi connectivity index (χ1v) is 8.68. The van der Waals surface area contributed by atoms with Crippen LogP contribution >= 0.6 is 0 Å². The molecule has 3 rings (SSSR count). The van der Waals surface area contributed by atoms with Crippen LogP contribution in [0.3, 0.4) is 0 Å². The van der Waals surface area contributed by atoms with Crippen LogP contribution in [0.2, 0.25) is 0 Å². The molecule has 0 aromatic heterocycles. The van der Waals surface area contributed by atoms with Gasteiger partial charge in [0.05, 0.1) is 0 Å². The molecule has 4 atom stereocenters. The molecular formula is C19H30N2. The van der Waals surface area contributed by atoms with Gasteiger partial charge >= 0.3 is 0 Å².